The van der Waals surface area contributed by atoms with Crippen LogP contribution >= 0.6 is 0 Å². The van der Waals surface area contributed by atoms with Gasteiger partial charge < -0.3 is 10.2 Å². The van der Waals surface area contributed by atoms with E-state index in [1.165, 1.54) is 38.5 Å². The Bertz CT molecular complexity index is 246. The first-order valence-electron chi connectivity index (χ1n) is 6.68. The number of carbonyl (C=O) groups excluding carboxylic acids is 1. The van der Waals surface area contributed by atoms with Crippen LogP contribution in [0.4, 0.5) is 0 Å². The highest BCUT2D eigenvalue weighted by Crippen LogP contribution is 2.43. The maximum Gasteiger partial charge on any atom is 0.223 e. The Morgan fingerprint density at radius 2 is 2.00 bits per heavy atom. The fourth-order valence-electron chi connectivity index (χ4n) is 3.25. The Morgan fingerprint density at radius 1 is 1.25 bits per heavy atom. The number of nitrogens with zero attached hydrogens (tertiary/aromatic N) is 1. The molecule has 0 bridgehead atoms. The minimum atomic E-state index is 0.344. The molecule has 2 fully saturated rings. The fourth-order valence-corrected chi connectivity index (χ4v) is 3.25. The minimum Gasteiger partial charge on any atom is -0.342 e. The van der Waals surface area contributed by atoms with Crippen LogP contribution in [0.1, 0.15) is 44.9 Å². The number of hydrogen-bond donors (Lipinski definition) is 1. The van der Waals surface area contributed by atoms with Crippen LogP contribution in [0.15, 0.2) is 0 Å². The molecule has 1 aliphatic heterocycles. The average molecular weight is 224 g/mol. The van der Waals surface area contributed by atoms with Gasteiger partial charge in [-0.05, 0) is 31.7 Å². The first-order chi connectivity index (χ1) is 7.76. The quantitative estimate of drug-likeness (QED) is 0.792. The van der Waals surface area contributed by atoms with Gasteiger partial charge in [0.2, 0.25) is 5.91 Å². The summed E-state index contributed by atoms with van der Waals surface area (Å²) in [6.45, 7) is 2.85. The van der Waals surface area contributed by atoms with Crippen molar-refractivity contribution in [3.63, 3.8) is 0 Å². The van der Waals surface area contributed by atoms with Gasteiger partial charge in [-0.15, -0.1) is 0 Å². The van der Waals surface area contributed by atoms with Gasteiger partial charge in [0.1, 0.15) is 0 Å². The second kappa shape index (κ2) is 5.17. The molecule has 16 heavy (non-hydrogen) atoms. The molecule has 0 radical (unpaired) electrons. The van der Waals surface area contributed by atoms with Gasteiger partial charge in [-0.2, -0.15) is 0 Å². The van der Waals surface area contributed by atoms with Gasteiger partial charge in [-0.3, -0.25) is 4.79 Å². The minimum absolute atomic E-state index is 0.344. The van der Waals surface area contributed by atoms with Crippen molar-refractivity contribution in [1.82, 2.24) is 10.2 Å². The zero-order valence-electron chi connectivity index (χ0n) is 10.4. The number of hydrogen-bond acceptors (Lipinski definition) is 2. The van der Waals surface area contributed by atoms with Crippen LogP contribution in [0.3, 0.4) is 0 Å². The van der Waals surface area contributed by atoms with Crippen LogP contribution in [-0.2, 0) is 4.79 Å². The molecule has 1 amide bonds. The van der Waals surface area contributed by atoms with E-state index in [1.54, 1.807) is 0 Å². The predicted molar refractivity (Wildman–Crippen MR) is 65.3 cm³/mol. The number of nitrogens with one attached hydrogen (secondary N) is 1. The molecule has 0 unspecified atom stereocenters. The molecule has 3 heteroatoms. The Balaban J connectivity index is 1.84. The molecule has 0 aromatic carbocycles. The monoisotopic (exact) mass is 224 g/mol. The second-order valence-corrected chi connectivity index (χ2v) is 5.48. The summed E-state index contributed by atoms with van der Waals surface area (Å²) in [6.07, 6.45) is 8.75. The summed E-state index contributed by atoms with van der Waals surface area (Å²) in [5.74, 6) is 0.344. The van der Waals surface area contributed by atoms with Crippen molar-refractivity contribution >= 4 is 5.91 Å². The third-order valence-corrected chi connectivity index (χ3v) is 4.29. The van der Waals surface area contributed by atoms with Gasteiger partial charge in [0.05, 0.1) is 0 Å². The molecular formula is C13H24N2O. The van der Waals surface area contributed by atoms with Crippen molar-refractivity contribution in [1.29, 1.82) is 0 Å². The molecular weight excluding hydrogens is 200 g/mol. The maximum absolute atomic E-state index is 11.9. The summed E-state index contributed by atoms with van der Waals surface area (Å²) in [7, 11) is 1.90. The van der Waals surface area contributed by atoms with Crippen LogP contribution in [0.2, 0.25) is 0 Å². The van der Waals surface area contributed by atoms with Crippen LogP contribution in [0.25, 0.3) is 0 Å². The van der Waals surface area contributed by atoms with Crippen LogP contribution < -0.4 is 5.32 Å². The van der Waals surface area contributed by atoms with E-state index in [0.29, 0.717) is 17.7 Å². The Kier molecular flexibility index (Phi) is 3.85. The highest BCUT2D eigenvalue weighted by Gasteiger charge is 2.39. The fraction of sp³-hybridized carbons (Fsp3) is 0.923. The van der Waals surface area contributed by atoms with Crippen LogP contribution in [0.5, 0.6) is 0 Å². The normalized spacial score (nSPS) is 23.9. The van der Waals surface area contributed by atoms with Gasteiger partial charge in [0.15, 0.2) is 0 Å². The number of rotatable bonds is 3. The number of carbonyl (C=O) groups is 1. The number of amides is 1. The van der Waals surface area contributed by atoms with Crippen molar-refractivity contribution in [2.24, 2.45) is 5.41 Å². The van der Waals surface area contributed by atoms with Gasteiger partial charge in [0.25, 0.3) is 0 Å². The summed E-state index contributed by atoms with van der Waals surface area (Å²) in [4.78, 5) is 14.0. The summed E-state index contributed by atoms with van der Waals surface area (Å²) >= 11 is 0. The predicted octanol–water partition coefficient (Wildman–Crippen LogP) is 1.78. The third-order valence-electron chi connectivity index (χ3n) is 4.29. The van der Waals surface area contributed by atoms with Gasteiger partial charge in [-0.25, -0.2) is 0 Å². The van der Waals surface area contributed by atoms with E-state index in [2.05, 4.69) is 10.2 Å². The third kappa shape index (κ3) is 2.57. The van der Waals surface area contributed by atoms with Crippen LogP contribution in [-0.4, -0.2) is 37.5 Å². The second-order valence-electron chi connectivity index (χ2n) is 5.48. The molecule has 1 heterocycles. The largest absolute Gasteiger partial charge is 0.342 e. The first kappa shape index (κ1) is 11.9. The Labute approximate surface area is 98.6 Å². The molecule has 1 spiro atoms. The Hall–Kier alpha value is -0.570. The Morgan fingerprint density at radius 3 is 2.69 bits per heavy atom. The molecule has 0 atom stereocenters. The van der Waals surface area contributed by atoms with Crippen molar-refractivity contribution in [2.45, 2.75) is 44.9 Å². The van der Waals surface area contributed by atoms with E-state index < -0.39 is 0 Å². The summed E-state index contributed by atoms with van der Waals surface area (Å²) < 4.78 is 0. The van der Waals surface area contributed by atoms with E-state index in [1.807, 2.05) is 7.05 Å². The lowest BCUT2D eigenvalue weighted by molar-refractivity contribution is -0.130. The average Bonchev–Trinajstić information content (AvgIpc) is 2.71. The molecule has 92 valence electrons. The molecule has 0 aromatic rings. The molecule has 1 saturated heterocycles. The lowest BCUT2D eigenvalue weighted by Gasteiger charge is -2.33. The highest BCUT2D eigenvalue weighted by atomic mass is 16.2. The summed E-state index contributed by atoms with van der Waals surface area (Å²) in [5, 5.41) is 3.05. The van der Waals surface area contributed by atoms with Crippen molar-refractivity contribution < 1.29 is 4.79 Å². The van der Waals surface area contributed by atoms with E-state index >= 15 is 0 Å². The van der Waals surface area contributed by atoms with Gasteiger partial charge in [-0.1, -0.05) is 19.3 Å². The van der Waals surface area contributed by atoms with Gasteiger partial charge >= 0.3 is 0 Å². The topological polar surface area (TPSA) is 32.3 Å². The van der Waals surface area contributed by atoms with Gasteiger partial charge in [0, 0.05) is 26.1 Å². The van der Waals surface area contributed by atoms with Crippen molar-refractivity contribution in [2.75, 3.05) is 26.7 Å². The van der Waals surface area contributed by atoms with E-state index in [4.69, 9.17) is 0 Å². The molecule has 2 rings (SSSR count). The van der Waals surface area contributed by atoms with Crippen molar-refractivity contribution in [3.8, 4) is 0 Å². The van der Waals surface area contributed by atoms with Crippen LogP contribution in [0, 0.1) is 5.41 Å². The highest BCUT2D eigenvalue weighted by molar-refractivity contribution is 5.76. The lowest BCUT2D eigenvalue weighted by Crippen LogP contribution is -2.34. The smallest absolute Gasteiger partial charge is 0.223 e. The summed E-state index contributed by atoms with van der Waals surface area (Å²) in [5.41, 5.74) is 0.507. The lowest BCUT2D eigenvalue weighted by atomic mass is 9.73. The number of likely N-dealkylation sites (tertiary alicyclic amines) is 1. The molecule has 1 saturated carbocycles. The molecule has 1 N–H and O–H groups in total. The standard InChI is InChI=1S/C13H24N2O/c1-14-9-5-12(16)15-10-8-13(11-15)6-3-2-4-7-13/h14H,2-11H2,1H3. The maximum atomic E-state index is 11.9. The van der Waals surface area contributed by atoms with Crippen molar-refractivity contribution in [3.05, 3.63) is 0 Å². The first-order valence-corrected chi connectivity index (χ1v) is 6.68. The molecule has 2 aliphatic rings. The molecule has 1 aliphatic carbocycles. The SMILES string of the molecule is CNCCC(=O)N1CCC2(CCCCC2)C1. The molecule has 0 aromatic heterocycles. The van der Waals surface area contributed by atoms with E-state index in [9.17, 15) is 4.79 Å². The zero-order chi connectivity index (χ0) is 11.4. The van der Waals surface area contributed by atoms with E-state index in [-0.39, 0.29) is 0 Å². The molecule has 3 nitrogen and oxygen atoms in total. The zero-order valence-corrected chi connectivity index (χ0v) is 10.4. The summed E-state index contributed by atoms with van der Waals surface area (Å²) in [6, 6.07) is 0. The van der Waals surface area contributed by atoms with E-state index in [0.717, 1.165) is 19.6 Å².